The second-order valence-electron chi connectivity index (χ2n) is 5.38. The third-order valence-corrected chi connectivity index (χ3v) is 5.02. The van der Waals surface area contributed by atoms with E-state index in [-0.39, 0.29) is 37.2 Å². The summed E-state index contributed by atoms with van der Waals surface area (Å²) in [7, 11) is 0. The van der Waals surface area contributed by atoms with Gasteiger partial charge in [-0.1, -0.05) is 29.3 Å². The molecular formula is C17H14Cl2N2O3S. The van der Waals surface area contributed by atoms with E-state index in [2.05, 4.69) is 5.32 Å². The molecule has 2 aromatic rings. The van der Waals surface area contributed by atoms with E-state index >= 15 is 0 Å². The molecule has 5 nitrogen and oxygen atoms in total. The number of ether oxygens (including phenoxy) is 1. The first kappa shape index (κ1) is 19.3. The van der Waals surface area contributed by atoms with Gasteiger partial charge in [0.2, 0.25) is 0 Å². The lowest BCUT2D eigenvalue weighted by molar-refractivity contribution is 0.0383. The van der Waals surface area contributed by atoms with Crippen LogP contribution in [-0.2, 0) is 4.74 Å². The van der Waals surface area contributed by atoms with Crippen molar-refractivity contribution in [1.29, 1.82) is 5.26 Å². The van der Waals surface area contributed by atoms with Crippen molar-refractivity contribution in [3.8, 4) is 6.07 Å². The van der Waals surface area contributed by atoms with Crippen LogP contribution in [0.2, 0.25) is 10.0 Å². The van der Waals surface area contributed by atoms with Gasteiger partial charge in [-0.05, 0) is 38.5 Å². The first-order chi connectivity index (χ1) is 11.8. The van der Waals surface area contributed by atoms with Crippen molar-refractivity contribution in [2.75, 3.05) is 5.32 Å². The zero-order valence-electron chi connectivity index (χ0n) is 13.6. The number of benzene rings is 1. The quantitative estimate of drug-likeness (QED) is 0.732. The highest BCUT2D eigenvalue weighted by Crippen LogP contribution is 2.34. The number of halogens is 2. The van der Waals surface area contributed by atoms with Crippen LogP contribution in [0.4, 0.5) is 5.00 Å². The SMILES string of the molecule is Cc1c(C(=O)OC(C)C)sc(NC(=O)c2c(Cl)cccc2Cl)c1C#N. The van der Waals surface area contributed by atoms with Crippen LogP contribution in [0.15, 0.2) is 18.2 Å². The number of nitrogens with one attached hydrogen (secondary N) is 1. The molecule has 1 heterocycles. The van der Waals surface area contributed by atoms with E-state index in [0.717, 1.165) is 11.3 Å². The highest BCUT2D eigenvalue weighted by atomic mass is 35.5. The number of nitriles is 1. The number of carbonyl (C=O) groups excluding carboxylic acids is 2. The van der Waals surface area contributed by atoms with Gasteiger partial charge in [0.15, 0.2) is 0 Å². The number of anilines is 1. The van der Waals surface area contributed by atoms with Crippen LogP contribution in [-0.4, -0.2) is 18.0 Å². The van der Waals surface area contributed by atoms with E-state index in [9.17, 15) is 14.9 Å². The van der Waals surface area contributed by atoms with Crippen molar-refractivity contribution >= 4 is 51.4 Å². The van der Waals surface area contributed by atoms with Crippen LogP contribution in [0.5, 0.6) is 0 Å². The van der Waals surface area contributed by atoms with E-state index in [1.54, 1.807) is 39.0 Å². The molecule has 0 fully saturated rings. The molecule has 0 radical (unpaired) electrons. The Hall–Kier alpha value is -2.07. The fourth-order valence-electron chi connectivity index (χ4n) is 2.08. The molecule has 8 heteroatoms. The Kier molecular flexibility index (Phi) is 6.07. The smallest absolute Gasteiger partial charge is 0.348 e. The van der Waals surface area contributed by atoms with Crippen LogP contribution >= 0.6 is 34.5 Å². The average Bonchev–Trinajstić information content (AvgIpc) is 2.82. The number of nitrogens with zero attached hydrogens (tertiary/aromatic N) is 1. The van der Waals surface area contributed by atoms with Gasteiger partial charge >= 0.3 is 5.97 Å². The first-order valence-electron chi connectivity index (χ1n) is 7.26. The molecule has 1 amide bonds. The number of amides is 1. The van der Waals surface area contributed by atoms with Gasteiger partial charge in [-0.25, -0.2) is 4.79 Å². The van der Waals surface area contributed by atoms with Gasteiger partial charge in [-0.3, -0.25) is 4.79 Å². The van der Waals surface area contributed by atoms with Gasteiger partial charge < -0.3 is 10.1 Å². The topological polar surface area (TPSA) is 79.2 Å². The Bertz CT molecular complexity index is 864. The van der Waals surface area contributed by atoms with Gasteiger partial charge in [-0.15, -0.1) is 11.3 Å². The molecule has 0 saturated heterocycles. The van der Waals surface area contributed by atoms with Crippen LogP contribution in [0.1, 0.15) is 45.0 Å². The van der Waals surface area contributed by atoms with Gasteiger partial charge in [0.25, 0.3) is 5.91 Å². The summed E-state index contributed by atoms with van der Waals surface area (Å²) < 4.78 is 5.16. The molecule has 25 heavy (non-hydrogen) atoms. The van der Waals surface area contributed by atoms with Crippen molar-refractivity contribution in [3.05, 3.63) is 49.8 Å². The molecular weight excluding hydrogens is 383 g/mol. The fraction of sp³-hybridized carbons (Fsp3) is 0.235. The molecule has 1 N–H and O–H groups in total. The molecule has 0 spiro atoms. The number of carbonyl (C=O) groups is 2. The third-order valence-electron chi connectivity index (χ3n) is 3.20. The number of hydrogen-bond donors (Lipinski definition) is 1. The van der Waals surface area contributed by atoms with Crippen molar-refractivity contribution in [1.82, 2.24) is 0 Å². The normalized spacial score (nSPS) is 10.4. The monoisotopic (exact) mass is 396 g/mol. The molecule has 1 aromatic heterocycles. The highest BCUT2D eigenvalue weighted by molar-refractivity contribution is 7.18. The minimum Gasteiger partial charge on any atom is -0.459 e. The predicted octanol–water partition coefficient (Wildman–Crippen LogP) is 5.05. The minimum atomic E-state index is -0.558. The lowest BCUT2D eigenvalue weighted by atomic mass is 10.1. The molecule has 0 aliphatic heterocycles. The highest BCUT2D eigenvalue weighted by Gasteiger charge is 2.24. The second-order valence-corrected chi connectivity index (χ2v) is 7.21. The Morgan fingerprint density at radius 1 is 1.28 bits per heavy atom. The van der Waals surface area contributed by atoms with Gasteiger partial charge in [0, 0.05) is 0 Å². The van der Waals surface area contributed by atoms with E-state index in [1.165, 1.54) is 0 Å². The minimum absolute atomic E-state index is 0.104. The lowest BCUT2D eigenvalue weighted by Crippen LogP contribution is -2.13. The Balaban J connectivity index is 2.39. The third kappa shape index (κ3) is 4.13. The first-order valence-corrected chi connectivity index (χ1v) is 8.83. The molecule has 0 aliphatic rings. The summed E-state index contributed by atoms with van der Waals surface area (Å²) >= 11 is 13.0. The zero-order chi connectivity index (χ0) is 18.7. The summed E-state index contributed by atoms with van der Waals surface area (Å²) in [5, 5.41) is 12.6. The summed E-state index contributed by atoms with van der Waals surface area (Å²) in [5.74, 6) is -1.09. The summed E-state index contributed by atoms with van der Waals surface area (Å²) in [4.78, 5) is 24.9. The van der Waals surface area contributed by atoms with E-state index in [1.807, 2.05) is 6.07 Å². The number of hydrogen-bond acceptors (Lipinski definition) is 5. The number of rotatable bonds is 4. The summed E-state index contributed by atoms with van der Waals surface area (Å²) in [6.07, 6.45) is -0.292. The maximum absolute atomic E-state index is 12.5. The fourth-order valence-corrected chi connectivity index (χ4v) is 3.68. The van der Waals surface area contributed by atoms with Gasteiger partial charge in [0.1, 0.15) is 15.9 Å². The standard InChI is InChI=1S/C17H14Cl2N2O3S/c1-8(2)24-17(23)14-9(3)10(7-20)16(25-14)21-15(22)13-11(18)5-4-6-12(13)19/h4-6,8H,1-3H3,(H,21,22). The Morgan fingerprint density at radius 3 is 2.40 bits per heavy atom. The Morgan fingerprint density at radius 2 is 1.88 bits per heavy atom. The van der Waals surface area contributed by atoms with Crippen molar-refractivity contribution in [3.63, 3.8) is 0 Å². The van der Waals surface area contributed by atoms with Crippen molar-refractivity contribution < 1.29 is 14.3 Å². The van der Waals surface area contributed by atoms with Crippen LogP contribution in [0.25, 0.3) is 0 Å². The lowest BCUT2D eigenvalue weighted by Gasteiger charge is -2.07. The van der Waals surface area contributed by atoms with E-state index < -0.39 is 11.9 Å². The van der Waals surface area contributed by atoms with Crippen molar-refractivity contribution in [2.45, 2.75) is 26.9 Å². The zero-order valence-corrected chi connectivity index (χ0v) is 16.0. The molecule has 0 unspecified atom stereocenters. The molecule has 0 atom stereocenters. The van der Waals surface area contributed by atoms with Crippen molar-refractivity contribution in [2.24, 2.45) is 0 Å². The number of esters is 1. The largest absolute Gasteiger partial charge is 0.459 e. The van der Waals surface area contributed by atoms with Crippen LogP contribution < -0.4 is 5.32 Å². The molecule has 0 aliphatic carbocycles. The van der Waals surface area contributed by atoms with Gasteiger partial charge in [0.05, 0.1) is 27.3 Å². The van der Waals surface area contributed by atoms with E-state index in [0.29, 0.717) is 5.56 Å². The average molecular weight is 397 g/mol. The summed E-state index contributed by atoms with van der Waals surface area (Å²) in [5.41, 5.74) is 0.767. The Labute approximate surface area is 159 Å². The maximum Gasteiger partial charge on any atom is 0.348 e. The molecule has 130 valence electrons. The summed E-state index contributed by atoms with van der Waals surface area (Å²) in [6, 6.07) is 6.70. The maximum atomic E-state index is 12.5. The van der Waals surface area contributed by atoms with Crippen LogP contribution in [0.3, 0.4) is 0 Å². The van der Waals surface area contributed by atoms with E-state index in [4.69, 9.17) is 27.9 Å². The number of thiophene rings is 1. The molecule has 1 aromatic carbocycles. The van der Waals surface area contributed by atoms with Crippen LogP contribution in [0, 0.1) is 18.3 Å². The molecule has 0 saturated carbocycles. The molecule has 0 bridgehead atoms. The second kappa shape index (κ2) is 7.87. The predicted molar refractivity (Wildman–Crippen MR) is 98.7 cm³/mol. The van der Waals surface area contributed by atoms with Gasteiger partial charge in [-0.2, -0.15) is 5.26 Å². The summed E-state index contributed by atoms with van der Waals surface area (Å²) in [6.45, 7) is 5.09. The molecule has 2 rings (SSSR count).